The molecule has 30 heavy (non-hydrogen) atoms. The van der Waals surface area contributed by atoms with E-state index in [1.807, 2.05) is 30.4 Å². The van der Waals surface area contributed by atoms with Crippen molar-refractivity contribution in [1.29, 1.82) is 0 Å². The maximum Gasteiger partial charge on any atom is 0.216 e. The summed E-state index contributed by atoms with van der Waals surface area (Å²) < 4.78 is 12.3. The summed E-state index contributed by atoms with van der Waals surface area (Å²) in [6.45, 7) is 4.33. The lowest BCUT2D eigenvalue weighted by molar-refractivity contribution is -0.173. The fourth-order valence-corrected chi connectivity index (χ4v) is 4.21. The molecule has 2 aromatic rings. The topological polar surface area (TPSA) is 58.9 Å². The molecule has 0 heterocycles. The molecule has 2 N–H and O–H groups in total. The van der Waals surface area contributed by atoms with Crippen molar-refractivity contribution in [1.82, 2.24) is 0 Å². The Morgan fingerprint density at radius 2 is 1.53 bits per heavy atom. The molecule has 156 valence electrons. The van der Waals surface area contributed by atoms with E-state index < -0.39 is 5.79 Å². The van der Waals surface area contributed by atoms with Crippen molar-refractivity contribution >= 4 is 16.3 Å². The van der Waals surface area contributed by atoms with E-state index in [0.29, 0.717) is 0 Å². The number of hydrogen-bond acceptors (Lipinski definition) is 4. The molecule has 2 aromatic carbocycles. The van der Waals surface area contributed by atoms with Gasteiger partial charge in [-0.25, -0.2) is 0 Å². The fraction of sp³-hybridized carbons (Fsp3) is 0.308. The van der Waals surface area contributed by atoms with Gasteiger partial charge in [0.25, 0.3) is 0 Å². The number of benzene rings is 2. The van der Waals surface area contributed by atoms with Gasteiger partial charge >= 0.3 is 0 Å². The van der Waals surface area contributed by atoms with Crippen LogP contribution in [0.15, 0.2) is 84.0 Å². The molecule has 0 aliphatic heterocycles. The highest BCUT2D eigenvalue weighted by Gasteiger charge is 2.41. The number of fused-ring (bicyclic) bond motifs is 2. The molecule has 0 spiro atoms. The Morgan fingerprint density at radius 1 is 0.833 bits per heavy atom. The van der Waals surface area contributed by atoms with Crippen molar-refractivity contribution in [3.63, 3.8) is 0 Å². The van der Waals surface area contributed by atoms with Gasteiger partial charge in [0, 0.05) is 11.0 Å². The molecule has 4 rings (SSSR count). The molecule has 0 bridgehead atoms. The monoisotopic (exact) mass is 404 g/mol. The lowest BCUT2D eigenvalue weighted by Gasteiger charge is -2.39. The molecule has 0 amide bonds. The molecule has 2 aliphatic rings. The van der Waals surface area contributed by atoms with Crippen LogP contribution in [0.4, 0.5) is 0 Å². The summed E-state index contributed by atoms with van der Waals surface area (Å²) in [6, 6.07) is 14.4. The van der Waals surface area contributed by atoms with Gasteiger partial charge < -0.3 is 19.7 Å². The highest BCUT2D eigenvalue weighted by atomic mass is 16.7. The molecule has 4 heteroatoms. The summed E-state index contributed by atoms with van der Waals surface area (Å²) >= 11 is 0. The van der Waals surface area contributed by atoms with Crippen molar-refractivity contribution in [2.45, 2.75) is 19.6 Å². The van der Waals surface area contributed by atoms with Crippen LogP contribution < -0.4 is 0 Å². The molecule has 0 aromatic heterocycles. The molecule has 0 atom stereocenters. The lowest BCUT2D eigenvalue weighted by atomic mass is 9.76. The van der Waals surface area contributed by atoms with E-state index in [2.05, 4.69) is 56.3 Å². The fourth-order valence-electron chi connectivity index (χ4n) is 4.21. The van der Waals surface area contributed by atoms with E-state index in [1.54, 1.807) is 0 Å². The Labute approximate surface area is 177 Å². The average molecular weight is 405 g/mol. The number of hydrogen-bond donors (Lipinski definition) is 2. The number of allylic oxidation sites excluding steroid dienone is 6. The van der Waals surface area contributed by atoms with Crippen molar-refractivity contribution in [3.8, 4) is 0 Å². The summed E-state index contributed by atoms with van der Waals surface area (Å²) in [5.74, 6) is -1.20. The standard InChI is InChI=1S/C26H28O4/c1-25(2)12-11-22-20(18-25)10-13-26(29-16-14-27,30-17-15-28)24(22)23-9-5-7-19-6-3-4-8-21(19)23/h3-13,18,27-28H,14-17H2,1-2H3. The largest absolute Gasteiger partial charge is 0.394 e. The minimum atomic E-state index is -1.20. The van der Waals surface area contributed by atoms with Gasteiger partial charge in [-0.3, -0.25) is 0 Å². The van der Waals surface area contributed by atoms with Gasteiger partial charge in [-0.15, -0.1) is 0 Å². The number of rotatable bonds is 7. The Balaban J connectivity index is 2.00. The molecule has 0 saturated heterocycles. The van der Waals surface area contributed by atoms with E-state index in [4.69, 9.17) is 9.47 Å². The third-order valence-electron chi connectivity index (χ3n) is 5.49. The Hall–Kier alpha value is -2.50. The van der Waals surface area contributed by atoms with Gasteiger partial charge in [-0.2, -0.15) is 0 Å². The molecule has 2 aliphatic carbocycles. The summed E-state index contributed by atoms with van der Waals surface area (Å²) in [5.41, 5.74) is 4.00. The van der Waals surface area contributed by atoms with Crippen molar-refractivity contribution in [2.75, 3.05) is 26.4 Å². The quantitative estimate of drug-likeness (QED) is 0.672. The summed E-state index contributed by atoms with van der Waals surface area (Å²) in [5, 5.41) is 21.2. The Morgan fingerprint density at radius 3 is 2.27 bits per heavy atom. The minimum absolute atomic E-state index is 0.0506. The van der Waals surface area contributed by atoms with Crippen LogP contribution in [-0.4, -0.2) is 42.4 Å². The van der Waals surface area contributed by atoms with Crippen LogP contribution >= 0.6 is 0 Å². The van der Waals surface area contributed by atoms with Gasteiger partial charge in [0.1, 0.15) is 0 Å². The van der Waals surface area contributed by atoms with Crippen LogP contribution in [0.25, 0.3) is 16.3 Å². The Bertz CT molecular complexity index is 1040. The van der Waals surface area contributed by atoms with E-state index >= 15 is 0 Å². The first-order valence-electron chi connectivity index (χ1n) is 10.3. The van der Waals surface area contributed by atoms with Crippen molar-refractivity contribution < 1.29 is 19.7 Å². The zero-order valence-corrected chi connectivity index (χ0v) is 17.5. The van der Waals surface area contributed by atoms with E-state index in [9.17, 15) is 10.2 Å². The van der Waals surface area contributed by atoms with E-state index in [-0.39, 0.29) is 31.8 Å². The van der Waals surface area contributed by atoms with Crippen LogP contribution in [0.3, 0.4) is 0 Å². The average Bonchev–Trinajstić information content (AvgIpc) is 2.75. The normalized spacial score (nSPS) is 19.1. The van der Waals surface area contributed by atoms with Gasteiger partial charge in [-0.05, 0) is 33.6 Å². The molecule has 0 unspecified atom stereocenters. The van der Waals surface area contributed by atoms with Crippen LogP contribution in [0.1, 0.15) is 19.4 Å². The van der Waals surface area contributed by atoms with Gasteiger partial charge in [0.05, 0.1) is 26.4 Å². The lowest BCUT2D eigenvalue weighted by Crippen LogP contribution is -2.40. The molecule has 4 nitrogen and oxygen atoms in total. The second-order valence-corrected chi connectivity index (χ2v) is 8.21. The zero-order valence-electron chi connectivity index (χ0n) is 17.5. The van der Waals surface area contributed by atoms with Gasteiger partial charge in [0.2, 0.25) is 5.79 Å². The highest BCUT2D eigenvalue weighted by Crippen LogP contribution is 2.47. The van der Waals surface area contributed by atoms with E-state index in [1.165, 1.54) is 0 Å². The predicted octanol–water partition coefficient (Wildman–Crippen LogP) is 4.40. The smallest absolute Gasteiger partial charge is 0.216 e. The zero-order chi connectivity index (χ0) is 21.2. The highest BCUT2D eigenvalue weighted by molar-refractivity contribution is 5.98. The van der Waals surface area contributed by atoms with Crippen molar-refractivity contribution in [2.24, 2.45) is 5.41 Å². The molecular formula is C26H28O4. The second-order valence-electron chi connectivity index (χ2n) is 8.21. The van der Waals surface area contributed by atoms with Gasteiger partial charge in [-0.1, -0.05) is 80.6 Å². The maximum atomic E-state index is 9.47. The van der Waals surface area contributed by atoms with Crippen LogP contribution in [-0.2, 0) is 9.47 Å². The van der Waals surface area contributed by atoms with E-state index in [0.717, 1.165) is 33.1 Å². The predicted molar refractivity (Wildman–Crippen MR) is 120 cm³/mol. The Kier molecular flexibility index (Phi) is 5.76. The SMILES string of the molecule is CC1(C)C=CC2=C(c3cccc4ccccc34)C(OCCO)(OCCO)C=CC2=C1. The first-order valence-corrected chi connectivity index (χ1v) is 10.3. The molecule has 0 fully saturated rings. The second kappa shape index (κ2) is 8.32. The van der Waals surface area contributed by atoms with Crippen molar-refractivity contribution in [3.05, 3.63) is 89.6 Å². The number of ether oxygens (including phenoxy) is 2. The summed E-state index contributed by atoms with van der Waals surface area (Å²) in [6.07, 6.45) is 10.5. The first-order chi connectivity index (χ1) is 14.5. The third-order valence-corrected chi connectivity index (χ3v) is 5.49. The first kappa shape index (κ1) is 20.8. The van der Waals surface area contributed by atoms with Crippen LogP contribution in [0, 0.1) is 5.41 Å². The number of aliphatic hydroxyl groups excluding tert-OH is 2. The summed E-state index contributed by atoms with van der Waals surface area (Å²) in [4.78, 5) is 0. The molecular weight excluding hydrogens is 376 g/mol. The van der Waals surface area contributed by atoms with Gasteiger partial charge in [0.15, 0.2) is 0 Å². The number of aliphatic hydroxyl groups is 2. The third kappa shape index (κ3) is 3.80. The van der Waals surface area contributed by atoms with Crippen LogP contribution in [0.5, 0.6) is 0 Å². The summed E-state index contributed by atoms with van der Waals surface area (Å²) in [7, 11) is 0. The maximum absolute atomic E-state index is 9.47. The minimum Gasteiger partial charge on any atom is -0.394 e. The molecule has 0 radical (unpaired) electrons. The molecule has 0 saturated carbocycles. The van der Waals surface area contributed by atoms with Crippen LogP contribution in [0.2, 0.25) is 0 Å².